The summed E-state index contributed by atoms with van der Waals surface area (Å²) >= 11 is 0. The second-order valence-electron chi connectivity index (χ2n) is 7.35. The fourth-order valence-electron chi connectivity index (χ4n) is 3.59. The lowest BCUT2D eigenvalue weighted by Crippen LogP contribution is -2.13. The van der Waals surface area contributed by atoms with Crippen molar-refractivity contribution in [3.63, 3.8) is 0 Å². The first-order valence-electron chi connectivity index (χ1n) is 10.0. The van der Waals surface area contributed by atoms with E-state index in [1.165, 1.54) is 18.3 Å². The summed E-state index contributed by atoms with van der Waals surface area (Å²) in [6.45, 7) is 0. The van der Waals surface area contributed by atoms with E-state index >= 15 is 0 Å². The lowest BCUT2D eigenvalue weighted by Gasteiger charge is -2.11. The predicted octanol–water partition coefficient (Wildman–Crippen LogP) is 5.30. The van der Waals surface area contributed by atoms with Gasteiger partial charge in [0.25, 0.3) is 10.0 Å². The maximum Gasteiger partial charge on any atom is 0.261 e. The number of aromatic nitrogens is 3. The van der Waals surface area contributed by atoms with E-state index in [9.17, 15) is 12.8 Å². The van der Waals surface area contributed by atoms with Gasteiger partial charge >= 0.3 is 0 Å². The minimum absolute atomic E-state index is 0.0342. The molecule has 0 unspecified atom stereocenters. The Balaban J connectivity index is 1.52. The third kappa shape index (κ3) is 4.28. The fraction of sp³-hybridized carbons (Fsp3) is 0. The highest BCUT2D eigenvalue weighted by Gasteiger charge is 2.15. The number of fused-ring (bicyclic) bond motifs is 1. The maximum absolute atomic E-state index is 13.2. The summed E-state index contributed by atoms with van der Waals surface area (Å²) in [7, 11) is -3.88. The Labute approximate surface area is 189 Å². The summed E-state index contributed by atoms with van der Waals surface area (Å²) in [5.74, 6) is -0.505. The topological polar surface area (TPSA) is 84.8 Å². The van der Waals surface area contributed by atoms with Crippen LogP contribution in [-0.2, 0) is 10.0 Å². The fourth-order valence-corrected chi connectivity index (χ4v) is 4.62. The molecule has 0 radical (unpaired) electrons. The number of anilines is 1. The molecule has 5 rings (SSSR count). The third-order valence-corrected chi connectivity index (χ3v) is 6.58. The maximum atomic E-state index is 13.2. The largest absolute Gasteiger partial charge is 0.278 e. The monoisotopic (exact) mass is 456 g/mol. The van der Waals surface area contributed by atoms with Crippen LogP contribution in [0.4, 0.5) is 10.1 Å². The molecule has 33 heavy (non-hydrogen) atoms. The third-order valence-electron chi connectivity index (χ3n) is 5.18. The minimum atomic E-state index is -3.88. The molecule has 6 nitrogen and oxygen atoms in total. The highest BCUT2D eigenvalue weighted by Crippen LogP contribution is 2.31. The standard InChI is InChI=1S/C25H17FN4O2S/c26-20-2-4-22(5-3-20)33(31,32)30-21-13-19(15-28-16-21)18-1-6-25-24(14-18)23(9-12-29-25)17-7-10-27-11-8-17/h1-16,30H. The van der Waals surface area contributed by atoms with Crippen molar-refractivity contribution in [1.29, 1.82) is 0 Å². The van der Waals surface area contributed by atoms with Crippen LogP contribution < -0.4 is 4.72 Å². The average Bonchev–Trinajstić information content (AvgIpc) is 2.84. The highest BCUT2D eigenvalue weighted by molar-refractivity contribution is 7.92. The molecular weight excluding hydrogens is 439 g/mol. The molecule has 0 spiro atoms. The van der Waals surface area contributed by atoms with Gasteiger partial charge in [0.05, 0.1) is 22.3 Å². The molecule has 0 aliphatic carbocycles. The van der Waals surface area contributed by atoms with Gasteiger partial charge in [0.1, 0.15) is 5.82 Å². The van der Waals surface area contributed by atoms with E-state index in [1.807, 2.05) is 36.4 Å². The van der Waals surface area contributed by atoms with Gasteiger partial charge < -0.3 is 0 Å². The normalized spacial score (nSPS) is 11.4. The van der Waals surface area contributed by atoms with E-state index in [0.29, 0.717) is 5.69 Å². The number of sulfonamides is 1. The highest BCUT2D eigenvalue weighted by atomic mass is 32.2. The van der Waals surface area contributed by atoms with E-state index in [0.717, 1.165) is 45.3 Å². The van der Waals surface area contributed by atoms with Gasteiger partial charge in [-0.15, -0.1) is 0 Å². The Morgan fingerprint density at radius 2 is 1.52 bits per heavy atom. The van der Waals surface area contributed by atoms with E-state index < -0.39 is 15.8 Å². The Kier molecular flexibility index (Phi) is 5.27. The van der Waals surface area contributed by atoms with Crippen molar-refractivity contribution in [2.75, 3.05) is 4.72 Å². The van der Waals surface area contributed by atoms with Crippen LogP contribution in [0.25, 0.3) is 33.2 Å². The first-order chi connectivity index (χ1) is 16.0. The van der Waals surface area contributed by atoms with E-state index in [1.54, 1.807) is 30.9 Å². The minimum Gasteiger partial charge on any atom is -0.278 e. The van der Waals surface area contributed by atoms with E-state index in [-0.39, 0.29) is 4.90 Å². The van der Waals surface area contributed by atoms with Gasteiger partial charge in [-0.2, -0.15) is 0 Å². The first kappa shape index (κ1) is 20.7. The molecule has 3 aromatic heterocycles. The van der Waals surface area contributed by atoms with Gasteiger partial charge in [-0.05, 0) is 77.4 Å². The van der Waals surface area contributed by atoms with E-state index in [2.05, 4.69) is 19.7 Å². The Bertz CT molecular complexity index is 1560. The number of hydrogen-bond donors (Lipinski definition) is 1. The Morgan fingerprint density at radius 3 is 2.30 bits per heavy atom. The number of benzene rings is 2. The van der Waals surface area contributed by atoms with Crippen molar-refractivity contribution in [2.45, 2.75) is 4.90 Å². The van der Waals surface area contributed by atoms with Gasteiger partial charge in [0.2, 0.25) is 0 Å². The van der Waals surface area contributed by atoms with Crippen molar-refractivity contribution >= 4 is 26.6 Å². The van der Waals surface area contributed by atoms with Crippen LogP contribution >= 0.6 is 0 Å². The summed E-state index contributed by atoms with van der Waals surface area (Å²) < 4.78 is 41.0. The zero-order chi connectivity index (χ0) is 22.8. The SMILES string of the molecule is O=S(=O)(Nc1cncc(-c2ccc3nccc(-c4ccncc4)c3c2)c1)c1ccc(F)cc1. The number of hydrogen-bond acceptors (Lipinski definition) is 5. The van der Waals surface area contributed by atoms with Crippen molar-refractivity contribution < 1.29 is 12.8 Å². The van der Waals surface area contributed by atoms with Gasteiger partial charge in [-0.3, -0.25) is 19.7 Å². The number of pyridine rings is 3. The average molecular weight is 457 g/mol. The van der Waals surface area contributed by atoms with Gasteiger partial charge in [0, 0.05) is 35.7 Å². The molecule has 0 aliphatic heterocycles. The number of nitrogens with one attached hydrogen (secondary N) is 1. The molecule has 0 saturated carbocycles. The number of rotatable bonds is 5. The van der Waals surface area contributed by atoms with Crippen molar-refractivity contribution in [3.05, 3.63) is 104 Å². The van der Waals surface area contributed by atoms with E-state index in [4.69, 9.17) is 0 Å². The van der Waals surface area contributed by atoms with Crippen LogP contribution in [0.5, 0.6) is 0 Å². The Morgan fingerprint density at radius 1 is 0.727 bits per heavy atom. The molecule has 8 heteroatoms. The molecule has 0 bridgehead atoms. The summed E-state index contributed by atoms with van der Waals surface area (Å²) in [6, 6.07) is 18.0. The first-order valence-corrected chi connectivity index (χ1v) is 11.5. The quantitative estimate of drug-likeness (QED) is 0.388. The molecule has 3 heterocycles. The second kappa shape index (κ2) is 8.40. The van der Waals surface area contributed by atoms with Crippen molar-refractivity contribution in [3.8, 4) is 22.3 Å². The molecule has 0 fully saturated rings. The Hall–Kier alpha value is -4.17. The second-order valence-corrected chi connectivity index (χ2v) is 9.03. The zero-order valence-corrected chi connectivity index (χ0v) is 18.0. The lowest BCUT2D eigenvalue weighted by molar-refractivity contribution is 0.599. The van der Waals surface area contributed by atoms with Crippen LogP contribution in [0.15, 0.2) is 103 Å². The molecule has 0 saturated heterocycles. The smallest absolute Gasteiger partial charge is 0.261 e. The zero-order valence-electron chi connectivity index (χ0n) is 17.2. The summed E-state index contributed by atoms with van der Waals surface area (Å²) in [4.78, 5) is 12.7. The molecular formula is C25H17FN4O2S. The van der Waals surface area contributed by atoms with Crippen LogP contribution in [0, 0.1) is 5.82 Å². The van der Waals surface area contributed by atoms with Crippen LogP contribution in [0.3, 0.4) is 0 Å². The van der Waals surface area contributed by atoms with Crippen molar-refractivity contribution in [2.24, 2.45) is 0 Å². The molecule has 162 valence electrons. The van der Waals surface area contributed by atoms with Gasteiger partial charge in [0.15, 0.2) is 0 Å². The number of nitrogens with zero attached hydrogens (tertiary/aromatic N) is 3. The predicted molar refractivity (Wildman–Crippen MR) is 125 cm³/mol. The molecule has 0 amide bonds. The lowest BCUT2D eigenvalue weighted by atomic mass is 9.98. The van der Waals surface area contributed by atoms with Crippen LogP contribution in [0.2, 0.25) is 0 Å². The van der Waals surface area contributed by atoms with Gasteiger partial charge in [-0.25, -0.2) is 12.8 Å². The summed E-state index contributed by atoms with van der Waals surface area (Å²) in [5, 5.41) is 0.957. The summed E-state index contributed by atoms with van der Waals surface area (Å²) in [5.41, 5.74) is 4.78. The van der Waals surface area contributed by atoms with Crippen molar-refractivity contribution in [1.82, 2.24) is 15.0 Å². The molecule has 0 aliphatic rings. The van der Waals surface area contributed by atoms with Crippen LogP contribution in [-0.4, -0.2) is 23.4 Å². The molecule has 1 N–H and O–H groups in total. The number of halogens is 1. The van der Waals surface area contributed by atoms with Gasteiger partial charge in [-0.1, -0.05) is 6.07 Å². The van der Waals surface area contributed by atoms with Crippen LogP contribution in [0.1, 0.15) is 0 Å². The molecule has 5 aromatic rings. The molecule has 2 aromatic carbocycles. The molecule has 0 atom stereocenters. The summed E-state index contributed by atoms with van der Waals surface area (Å²) in [6.07, 6.45) is 8.34.